The molecule has 6 nitrogen and oxygen atoms in total. The minimum Gasteiger partial charge on any atom is -0.335 e. The Labute approximate surface area is 66.1 Å². The van der Waals surface area contributed by atoms with Crippen molar-refractivity contribution in [2.45, 2.75) is 0 Å². The van der Waals surface area contributed by atoms with Gasteiger partial charge in [-0.1, -0.05) is 0 Å². The number of nitrogens with one attached hydrogen (secondary N) is 2. The normalized spacial score (nSPS) is 10.8. The molecule has 4 N–H and O–H groups in total. The molecule has 1 atom stereocenters. The average Bonchev–Trinajstić information content (AvgIpc) is 1.83. The molecule has 0 aromatic carbocycles. The van der Waals surface area contributed by atoms with E-state index in [1.165, 1.54) is 0 Å². The second-order valence-electron chi connectivity index (χ2n) is 1.71. The zero-order valence-electron chi connectivity index (χ0n) is 5.65. The van der Waals surface area contributed by atoms with Crippen molar-refractivity contribution in [2.24, 2.45) is 0 Å². The Bertz CT molecular complexity index is 178. The molecule has 0 aromatic heterocycles. The lowest BCUT2D eigenvalue weighted by Crippen LogP contribution is -2.34. The molecule has 66 valence electrons. The Morgan fingerprint density at radius 2 is 2.00 bits per heavy atom. The van der Waals surface area contributed by atoms with Crippen molar-refractivity contribution in [3.05, 3.63) is 0 Å². The lowest BCUT2D eigenvalue weighted by molar-refractivity contribution is 0.242. The number of urea groups is 1. The fourth-order valence-electron chi connectivity index (χ4n) is 0.330. The van der Waals surface area contributed by atoms with E-state index in [1.54, 1.807) is 0 Å². The van der Waals surface area contributed by atoms with Crippen LogP contribution in [-0.2, 0) is 4.57 Å². The van der Waals surface area contributed by atoms with Gasteiger partial charge in [-0.2, -0.15) is 0 Å². The van der Waals surface area contributed by atoms with Gasteiger partial charge in [0.05, 0.1) is 0 Å². The number of amides is 2. The molecule has 0 radical (unpaired) electrons. The highest BCUT2D eigenvalue weighted by Gasteiger charge is 2.13. The Morgan fingerprint density at radius 1 is 1.45 bits per heavy atom. The third kappa shape index (κ3) is 7.75. The highest BCUT2D eigenvalue weighted by Crippen LogP contribution is 2.31. The lowest BCUT2D eigenvalue weighted by Gasteiger charge is -2.05. The van der Waals surface area contributed by atoms with Crippen LogP contribution in [-0.4, -0.2) is 28.4 Å². The molecule has 0 rings (SSSR count). The van der Waals surface area contributed by atoms with E-state index in [9.17, 15) is 9.36 Å². The topological polar surface area (TPSA) is 98.7 Å². The Hall–Kier alpha value is -0.150. The summed E-state index contributed by atoms with van der Waals surface area (Å²) in [5, 5.41) is 4.28. The van der Waals surface area contributed by atoms with Crippen molar-refractivity contribution in [1.29, 1.82) is 0 Å². The summed E-state index contributed by atoms with van der Waals surface area (Å²) in [6.45, 7) is 0. The van der Waals surface area contributed by atoms with Crippen LogP contribution < -0.4 is 10.6 Å². The number of hydrogen-bond acceptors (Lipinski definition) is 2. The smallest absolute Gasteiger partial charge is 0.335 e. The van der Waals surface area contributed by atoms with Gasteiger partial charge in [0.25, 0.3) is 0 Å². The number of carbonyl (C=O) groups excluding carboxylic acids is 1. The summed E-state index contributed by atoms with van der Waals surface area (Å²) in [5.74, 6) is 0. The van der Waals surface area contributed by atoms with Gasteiger partial charge in [0.1, 0.15) is 6.29 Å². The summed E-state index contributed by atoms with van der Waals surface area (Å²) in [6, 6.07) is -0.594. The maximum absolute atomic E-state index is 10.5. The molecular formula is C3H10N2O4P2. The molecule has 11 heavy (non-hydrogen) atoms. The van der Waals surface area contributed by atoms with Crippen LogP contribution in [0.25, 0.3) is 0 Å². The van der Waals surface area contributed by atoms with Crippen LogP contribution >= 0.6 is 16.8 Å². The van der Waals surface area contributed by atoms with Crippen LogP contribution in [0.15, 0.2) is 0 Å². The summed E-state index contributed by atoms with van der Waals surface area (Å²) < 4.78 is 10.2. The van der Waals surface area contributed by atoms with E-state index in [4.69, 9.17) is 9.79 Å². The maximum Gasteiger partial charge on any atom is 0.344 e. The van der Waals surface area contributed by atoms with Gasteiger partial charge in [-0.25, -0.2) is 4.79 Å². The fourth-order valence-corrected chi connectivity index (χ4v) is 0.865. The van der Waals surface area contributed by atoms with Crippen molar-refractivity contribution in [2.75, 3.05) is 12.6 Å². The SMILES string of the molecule is O=C(NCP)NCP(=O)(O)O. The first-order valence-electron chi connectivity index (χ1n) is 2.72. The van der Waals surface area contributed by atoms with Gasteiger partial charge in [0, 0.05) is 6.29 Å². The van der Waals surface area contributed by atoms with E-state index >= 15 is 0 Å². The highest BCUT2D eigenvalue weighted by molar-refractivity contribution is 7.51. The fraction of sp³-hybridized carbons (Fsp3) is 0.667. The summed E-state index contributed by atoms with van der Waals surface area (Å²) in [5.41, 5.74) is 0. The third-order valence-electron chi connectivity index (χ3n) is 0.708. The number of carbonyl (C=O) groups is 1. The Morgan fingerprint density at radius 3 is 2.36 bits per heavy atom. The molecule has 0 bridgehead atoms. The van der Waals surface area contributed by atoms with Crippen LogP contribution in [0.1, 0.15) is 0 Å². The molecule has 0 saturated heterocycles. The third-order valence-corrected chi connectivity index (χ3v) is 1.48. The van der Waals surface area contributed by atoms with Gasteiger partial charge in [-0.05, 0) is 0 Å². The molecule has 0 aromatic rings. The van der Waals surface area contributed by atoms with Gasteiger partial charge in [-0.3, -0.25) is 4.57 Å². The first kappa shape index (κ1) is 10.8. The van der Waals surface area contributed by atoms with Gasteiger partial charge in [-0.15, -0.1) is 9.24 Å². The first-order chi connectivity index (χ1) is 4.95. The largest absolute Gasteiger partial charge is 0.344 e. The van der Waals surface area contributed by atoms with E-state index < -0.39 is 19.9 Å². The molecule has 0 heterocycles. The highest BCUT2D eigenvalue weighted by atomic mass is 31.2. The summed E-state index contributed by atoms with van der Waals surface area (Å²) in [6.07, 6.45) is -0.295. The zero-order chi connectivity index (χ0) is 8.91. The predicted molar refractivity (Wildman–Crippen MR) is 43.2 cm³/mol. The van der Waals surface area contributed by atoms with Crippen LogP contribution in [0, 0.1) is 0 Å². The molecular weight excluding hydrogens is 190 g/mol. The quantitative estimate of drug-likeness (QED) is 0.450. The van der Waals surface area contributed by atoms with E-state index in [1.807, 2.05) is 5.32 Å². The van der Waals surface area contributed by atoms with E-state index in [-0.39, 0.29) is 0 Å². The second-order valence-corrected chi connectivity index (χ2v) is 3.76. The molecule has 0 aliphatic carbocycles. The molecule has 0 aliphatic rings. The van der Waals surface area contributed by atoms with E-state index in [0.717, 1.165) is 0 Å². The average molecular weight is 200 g/mol. The molecule has 0 spiro atoms. The van der Waals surface area contributed by atoms with E-state index in [2.05, 4.69) is 14.6 Å². The molecule has 1 unspecified atom stereocenters. The van der Waals surface area contributed by atoms with Crippen LogP contribution in [0.3, 0.4) is 0 Å². The molecule has 2 amide bonds. The Balaban J connectivity index is 3.55. The zero-order valence-corrected chi connectivity index (χ0v) is 7.70. The van der Waals surface area contributed by atoms with E-state index in [0.29, 0.717) is 6.29 Å². The first-order valence-corrected chi connectivity index (χ1v) is 5.33. The minimum atomic E-state index is -4.12. The summed E-state index contributed by atoms with van der Waals surface area (Å²) in [4.78, 5) is 27.1. The van der Waals surface area contributed by atoms with Crippen molar-refractivity contribution in [3.63, 3.8) is 0 Å². The molecule has 0 aliphatic heterocycles. The van der Waals surface area contributed by atoms with Gasteiger partial charge in [0.15, 0.2) is 0 Å². The van der Waals surface area contributed by atoms with Crippen molar-refractivity contribution < 1.29 is 19.1 Å². The maximum atomic E-state index is 10.5. The van der Waals surface area contributed by atoms with Crippen LogP contribution in [0.4, 0.5) is 4.79 Å². The number of hydrogen-bond donors (Lipinski definition) is 4. The standard InChI is InChI=1S/C3H10N2O4P2/c6-3(4-1-10)5-2-11(7,8)9/h1-2,10H2,(H2,4,5,6)(H2,7,8,9). The van der Waals surface area contributed by atoms with Gasteiger partial charge < -0.3 is 20.4 Å². The van der Waals surface area contributed by atoms with Crippen molar-refractivity contribution in [1.82, 2.24) is 10.6 Å². The van der Waals surface area contributed by atoms with Crippen LogP contribution in [0.5, 0.6) is 0 Å². The molecule has 8 heteroatoms. The summed E-state index contributed by atoms with van der Waals surface area (Å²) >= 11 is 0. The van der Waals surface area contributed by atoms with Gasteiger partial charge >= 0.3 is 13.6 Å². The Kier molecular flexibility index (Phi) is 4.61. The minimum absolute atomic E-state index is 0.340. The predicted octanol–water partition coefficient (Wildman–Crippen LogP) is -0.747. The van der Waals surface area contributed by atoms with Crippen molar-refractivity contribution in [3.8, 4) is 0 Å². The van der Waals surface area contributed by atoms with Crippen molar-refractivity contribution >= 4 is 22.9 Å². The second kappa shape index (κ2) is 4.67. The van der Waals surface area contributed by atoms with Crippen LogP contribution in [0.2, 0.25) is 0 Å². The van der Waals surface area contributed by atoms with Gasteiger partial charge in [0.2, 0.25) is 0 Å². The summed E-state index contributed by atoms with van der Waals surface area (Å²) in [7, 11) is -1.88. The number of rotatable bonds is 3. The molecule has 0 saturated carbocycles. The lowest BCUT2D eigenvalue weighted by atomic mass is 10.9. The molecule has 0 fully saturated rings. The monoisotopic (exact) mass is 200 g/mol.